The molecule has 6 N–H and O–H groups in total. The van der Waals surface area contributed by atoms with Crippen molar-refractivity contribution in [3.8, 4) is 0 Å². The van der Waals surface area contributed by atoms with Gasteiger partial charge in [0.1, 0.15) is 24.4 Å². The molecule has 1 heterocycles. The van der Waals surface area contributed by atoms with E-state index in [1.54, 1.807) is 6.08 Å². The summed E-state index contributed by atoms with van der Waals surface area (Å²) in [6, 6.07) is -0.854. The summed E-state index contributed by atoms with van der Waals surface area (Å²) in [6.45, 7) is 3.59. The molecule has 1 rings (SSSR count). The second kappa shape index (κ2) is 39.5. The Labute approximate surface area is 359 Å². The van der Waals surface area contributed by atoms with Gasteiger partial charge in [-0.1, -0.05) is 163 Å². The minimum absolute atomic E-state index is 0.228. The Hall–Kier alpha value is -2.63. The monoisotopic (exact) mass is 828 g/mol. The van der Waals surface area contributed by atoms with E-state index in [1.165, 1.54) is 70.6 Å². The molecule has 0 aliphatic carbocycles. The lowest BCUT2D eigenvalue weighted by atomic mass is 9.99. The number of unbranched alkanes of at least 4 members (excludes halogenated alkanes) is 15. The van der Waals surface area contributed by atoms with Crippen molar-refractivity contribution in [1.82, 2.24) is 5.32 Å². The summed E-state index contributed by atoms with van der Waals surface area (Å²) >= 11 is 0. The van der Waals surface area contributed by atoms with Gasteiger partial charge in [0, 0.05) is 6.42 Å². The summed E-state index contributed by atoms with van der Waals surface area (Å²) in [5.41, 5.74) is 0. The van der Waals surface area contributed by atoms with E-state index < -0.39 is 49.5 Å². The van der Waals surface area contributed by atoms with Crippen molar-refractivity contribution in [2.75, 3.05) is 13.2 Å². The van der Waals surface area contributed by atoms with Crippen LogP contribution in [0.4, 0.5) is 0 Å². The van der Waals surface area contributed by atoms with E-state index in [0.29, 0.717) is 12.8 Å². The molecule has 338 valence electrons. The lowest BCUT2D eigenvalue weighted by Crippen LogP contribution is -2.60. The minimum atomic E-state index is -1.59. The number of amides is 1. The lowest BCUT2D eigenvalue weighted by molar-refractivity contribution is -0.302. The average molecular weight is 828 g/mol. The van der Waals surface area contributed by atoms with E-state index in [1.807, 2.05) is 6.08 Å². The van der Waals surface area contributed by atoms with E-state index in [0.717, 1.165) is 64.2 Å². The Bertz CT molecular complexity index is 1190. The smallest absolute Gasteiger partial charge is 0.220 e. The van der Waals surface area contributed by atoms with Gasteiger partial charge < -0.3 is 40.3 Å². The molecular formula is C50H85NO8. The summed E-state index contributed by atoms with van der Waals surface area (Å²) in [4.78, 5) is 12.9. The lowest BCUT2D eigenvalue weighted by Gasteiger charge is -2.40. The molecule has 0 bridgehead atoms. The van der Waals surface area contributed by atoms with E-state index in [-0.39, 0.29) is 18.9 Å². The quantitative estimate of drug-likeness (QED) is 0.0268. The molecule has 59 heavy (non-hydrogen) atoms. The second-order valence-electron chi connectivity index (χ2n) is 15.8. The van der Waals surface area contributed by atoms with Crippen LogP contribution in [0.5, 0.6) is 0 Å². The fourth-order valence-corrected chi connectivity index (χ4v) is 6.71. The maximum absolute atomic E-state index is 12.9. The molecule has 0 aromatic carbocycles. The van der Waals surface area contributed by atoms with Crippen molar-refractivity contribution in [1.29, 1.82) is 0 Å². The van der Waals surface area contributed by atoms with Gasteiger partial charge in [-0.15, -0.1) is 0 Å². The Kier molecular flexibility index (Phi) is 36.4. The molecule has 1 saturated heterocycles. The number of hydrogen-bond donors (Lipinski definition) is 6. The number of carbonyl (C=O) groups excluding carboxylic acids is 1. The first-order valence-electron chi connectivity index (χ1n) is 23.3. The molecule has 1 amide bonds. The van der Waals surface area contributed by atoms with E-state index in [2.05, 4.69) is 92.1 Å². The maximum Gasteiger partial charge on any atom is 0.220 e. The van der Waals surface area contributed by atoms with Gasteiger partial charge in [-0.2, -0.15) is 0 Å². The number of aliphatic hydroxyl groups is 5. The predicted octanol–water partition coefficient (Wildman–Crippen LogP) is 9.94. The molecule has 1 aliphatic heterocycles. The van der Waals surface area contributed by atoms with Crippen LogP contribution in [-0.4, -0.2) is 87.5 Å². The first kappa shape index (κ1) is 54.4. The van der Waals surface area contributed by atoms with Crippen molar-refractivity contribution in [2.24, 2.45) is 0 Å². The molecule has 0 aromatic heterocycles. The molecule has 0 radical (unpaired) electrons. The molecule has 1 fully saturated rings. The van der Waals surface area contributed by atoms with Crippen LogP contribution in [0.2, 0.25) is 0 Å². The van der Waals surface area contributed by atoms with Crippen molar-refractivity contribution >= 4 is 5.91 Å². The normalized spacial score (nSPS) is 21.5. The van der Waals surface area contributed by atoms with Crippen LogP contribution in [0.1, 0.15) is 168 Å². The van der Waals surface area contributed by atoms with Gasteiger partial charge in [-0.05, 0) is 83.5 Å². The van der Waals surface area contributed by atoms with Crippen molar-refractivity contribution in [3.05, 3.63) is 85.1 Å². The fourth-order valence-electron chi connectivity index (χ4n) is 6.71. The van der Waals surface area contributed by atoms with Gasteiger partial charge in [-0.25, -0.2) is 0 Å². The van der Waals surface area contributed by atoms with Crippen LogP contribution in [0.25, 0.3) is 0 Å². The topological polar surface area (TPSA) is 149 Å². The molecule has 1 aliphatic rings. The standard InChI is InChI=1S/C50H85NO8/c1-3-5-7-9-11-13-15-17-19-20-21-22-23-24-26-27-29-31-33-35-37-39-44(53)43(42-58-50-49(57)48(56)47(55)45(41-52)59-50)51-46(54)40-38-36-34-32-30-28-25-18-16-14-12-10-8-6-4-2/h6,8,12,14,18,23-25,29-32,37,39,43-45,47-50,52-53,55-57H,3-5,7,9-11,13,15-17,19-22,26-28,33-36,38,40-42H2,1-2H3,(H,51,54)/b8-6-,14-12-,24-23+,25-18-,31-29+,32-30-,39-37+. The van der Waals surface area contributed by atoms with Crippen LogP contribution >= 0.6 is 0 Å². The highest BCUT2D eigenvalue weighted by atomic mass is 16.7. The van der Waals surface area contributed by atoms with Gasteiger partial charge in [0.25, 0.3) is 0 Å². The maximum atomic E-state index is 12.9. The van der Waals surface area contributed by atoms with E-state index in [9.17, 15) is 30.3 Å². The second-order valence-corrected chi connectivity index (χ2v) is 15.8. The summed E-state index contributed by atoms with van der Waals surface area (Å²) < 4.78 is 11.2. The van der Waals surface area contributed by atoms with Crippen LogP contribution in [0, 0.1) is 0 Å². The van der Waals surface area contributed by atoms with Gasteiger partial charge in [0.05, 0.1) is 25.4 Å². The molecular weight excluding hydrogens is 743 g/mol. The highest BCUT2D eigenvalue weighted by Crippen LogP contribution is 2.22. The van der Waals surface area contributed by atoms with Crippen LogP contribution in [0.15, 0.2) is 85.1 Å². The summed E-state index contributed by atoms with van der Waals surface area (Å²) in [5.74, 6) is -0.235. The summed E-state index contributed by atoms with van der Waals surface area (Å²) in [6.07, 6.45) is 47.8. The molecule has 7 unspecified atom stereocenters. The van der Waals surface area contributed by atoms with Gasteiger partial charge in [-0.3, -0.25) is 4.79 Å². The Morgan fingerprint density at radius 1 is 0.593 bits per heavy atom. The van der Waals surface area contributed by atoms with Crippen molar-refractivity contribution < 1.29 is 39.8 Å². The predicted molar refractivity (Wildman–Crippen MR) is 244 cm³/mol. The fraction of sp³-hybridized carbons (Fsp3) is 0.700. The SMILES string of the molecule is CC/C=C\C/C=C\C/C=C\C/C=C\CCCCC(=O)NC(COC1OC(CO)C(O)C(O)C1O)C(O)/C=C/CC/C=C/CC/C=C/CCCCCCCCCCCCC. The Balaban J connectivity index is 2.42. The van der Waals surface area contributed by atoms with Crippen LogP contribution in [-0.2, 0) is 14.3 Å². The molecule has 9 nitrogen and oxygen atoms in total. The number of hydrogen-bond acceptors (Lipinski definition) is 8. The highest BCUT2D eigenvalue weighted by Gasteiger charge is 2.44. The number of carbonyl (C=O) groups is 1. The Morgan fingerprint density at radius 3 is 1.63 bits per heavy atom. The zero-order chi connectivity index (χ0) is 43.0. The highest BCUT2D eigenvalue weighted by molar-refractivity contribution is 5.76. The summed E-state index contributed by atoms with van der Waals surface area (Å²) in [5, 5.41) is 54.1. The third-order valence-electron chi connectivity index (χ3n) is 10.4. The van der Waals surface area contributed by atoms with Crippen LogP contribution < -0.4 is 5.32 Å². The third-order valence-corrected chi connectivity index (χ3v) is 10.4. The van der Waals surface area contributed by atoms with Gasteiger partial charge in [0.15, 0.2) is 6.29 Å². The molecule has 0 aromatic rings. The zero-order valence-electron chi connectivity index (χ0n) is 37.0. The number of aliphatic hydroxyl groups excluding tert-OH is 5. The van der Waals surface area contributed by atoms with E-state index >= 15 is 0 Å². The number of ether oxygens (including phenoxy) is 2. The minimum Gasteiger partial charge on any atom is -0.394 e. The first-order valence-corrected chi connectivity index (χ1v) is 23.3. The third kappa shape index (κ3) is 30.1. The van der Waals surface area contributed by atoms with Gasteiger partial charge in [0.2, 0.25) is 5.91 Å². The molecule has 7 atom stereocenters. The molecule has 0 saturated carbocycles. The Morgan fingerprint density at radius 2 is 1.07 bits per heavy atom. The zero-order valence-corrected chi connectivity index (χ0v) is 37.0. The molecule has 9 heteroatoms. The summed E-state index contributed by atoms with van der Waals surface area (Å²) in [7, 11) is 0. The van der Waals surface area contributed by atoms with Crippen molar-refractivity contribution in [3.63, 3.8) is 0 Å². The first-order chi connectivity index (χ1) is 28.8. The molecule has 0 spiro atoms. The van der Waals surface area contributed by atoms with Gasteiger partial charge >= 0.3 is 0 Å². The van der Waals surface area contributed by atoms with Crippen LogP contribution in [0.3, 0.4) is 0 Å². The largest absolute Gasteiger partial charge is 0.394 e. The number of nitrogens with one attached hydrogen (secondary N) is 1. The average Bonchev–Trinajstić information content (AvgIpc) is 3.23. The van der Waals surface area contributed by atoms with E-state index in [4.69, 9.17) is 9.47 Å². The number of rotatable bonds is 37. The number of allylic oxidation sites excluding steroid dienone is 13. The van der Waals surface area contributed by atoms with Crippen molar-refractivity contribution in [2.45, 2.75) is 211 Å².